The second kappa shape index (κ2) is 7.06. The molecule has 7 heteroatoms. The number of hydrogen-bond donors (Lipinski definition) is 1. The zero-order chi connectivity index (χ0) is 19.0. The first kappa shape index (κ1) is 17.6. The molecule has 27 heavy (non-hydrogen) atoms. The summed E-state index contributed by atoms with van der Waals surface area (Å²) in [5.41, 5.74) is 1.84. The van der Waals surface area contributed by atoms with Crippen LogP contribution in [0, 0.1) is 12.8 Å². The molecule has 1 aromatic carbocycles. The quantitative estimate of drug-likeness (QED) is 0.897. The van der Waals surface area contributed by atoms with E-state index in [4.69, 9.17) is 4.74 Å². The third-order valence-corrected chi connectivity index (χ3v) is 5.37. The monoisotopic (exact) mass is 369 g/mol. The Bertz CT molecular complexity index is 940. The van der Waals surface area contributed by atoms with Gasteiger partial charge in [0.1, 0.15) is 6.61 Å². The number of carbonyl (C=O) groups is 2. The number of piperazine rings is 1. The number of para-hydroxylation sites is 1. The second-order valence-corrected chi connectivity index (χ2v) is 7.24. The highest BCUT2D eigenvalue weighted by Crippen LogP contribution is 2.31. The summed E-state index contributed by atoms with van der Waals surface area (Å²) in [6.07, 6.45) is 1.57. The van der Waals surface area contributed by atoms with E-state index >= 15 is 0 Å². The first-order valence-electron chi connectivity index (χ1n) is 9.35. The van der Waals surface area contributed by atoms with Crippen molar-refractivity contribution in [1.82, 2.24) is 14.8 Å². The molecule has 0 unspecified atom stereocenters. The van der Waals surface area contributed by atoms with E-state index in [1.54, 1.807) is 17.9 Å². The molecule has 0 spiro atoms. The smallest absolute Gasteiger partial charge is 0.410 e. The zero-order valence-electron chi connectivity index (χ0n) is 15.4. The lowest BCUT2D eigenvalue weighted by Crippen LogP contribution is -2.51. The molecule has 2 heterocycles. The number of hydrogen-bond acceptors (Lipinski definition) is 4. The van der Waals surface area contributed by atoms with Crippen LogP contribution < -0.4 is 5.43 Å². The van der Waals surface area contributed by atoms with Crippen molar-refractivity contribution < 1.29 is 14.3 Å². The van der Waals surface area contributed by atoms with Crippen molar-refractivity contribution >= 4 is 22.9 Å². The van der Waals surface area contributed by atoms with Gasteiger partial charge in [0.05, 0.1) is 5.69 Å². The Hall–Kier alpha value is -2.83. The lowest BCUT2D eigenvalue weighted by molar-refractivity contribution is -0.134. The lowest BCUT2D eigenvalue weighted by Gasteiger charge is -2.34. The number of rotatable bonds is 3. The number of pyridine rings is 1. The third kappa shape index (κ3) is 3.54. The SMILES string of the molecule is Cc1c(COC(=O)N2CCN(C(=O)C3CC3)CC2)[nH]c2ccccc2c1=O. The number of H-pyrrole nitrogens is 1. The molecule has 2 amide bonds. The number of ether oxygens (including phenoxy) is 1. The number of nitrogens with one attached hydrogen (secondary N) is 1. The van der Waals surface area contributed by atoms with Crippen LogP contribution >= 0.6 is 0 Å². The molecule has 0 atom stereocenters. The van der Waals surface area contributed by atoms with Crippen LogP contribution in [0.3, 0.4) is 0 Å². The Balaban J connectivity index is 1.37. The van der Waals surface area contributed by atoms with Crippen LogP contribution in [0.4, 0.5) is 4.79 Å². The van der Waals surface area contributed by atoms with Crippen LogP contribution in [-0.4, -0.2) is 53.0 Å². The van der Waals surface area contributed by atoms with Crippen LogP contribution in [0.15, 0.2) is 29.1 Å². The summed E-state index contributed by atoms with van der Waals surface area (Å²) in [7, 11) is 0. The third-order valence-electron chi connectivity index (χ3n) is 5.37. The van der Waals surface area contributed by atoms with Gasteiger partial charge in [-0.25, -0.2) is 4.79 Å². The van der Waals surface area contributed by atoms with Gasteiger partial charge in [-0.3, -0.25) is 9.59 Å². The average molecular weight is 369 g/mol. The molecule has 1 aromatic heterocycles. The number of nitrogens with zero attached hydrogens (tertiary/aromatic N) is 2. The van der Waals surface area contributed by atoms with Crippen molar-refractivity contribution in [3.8, 4) is 0 Å². The van der Waals surface area contributed by atoms with Crippen LogP contribution in [0.25, 0.3) is 10.9 Å². The van der Waals surface area contributed by atoms with Gasteiger partial charge in [-0.1, -0.05) is 12.1 Å². The molecule has 1 saturated carbocycles. The maximum Gasteiger partial charge on any atom is 0.410 e. The first-order chi connectivity index (χ1) is 13.0. The summed E-state index contributed by atoms with van der Waals surface area (Å²) < 4.78 is 5.42. The molecule has 2 aliphatic rings. The summed E-state index contributed by atoms with van der Waals surface area (Å²) in [5.74, 6) is 0.420. The van der Waals surface area contributed by atoms with Crippen molar-refractivity contribution in [2.75, 3.05) is 26.2 Å². The molecular formula is C20H23N3O4. The van der Waals surface area contributed by atoms with Crippen molar-refractivity contribution in [1.29, 1.82) is 0 Å². The Morgan fingerprint density at radius 1 is 1.11 bits per heavy atom. The molecule has 1 aliphatic heterocycles. The molecule has 1 saturated heterocycles. The van der Waals surface area contributed by atoms with E-state index in [1.165, 1.54) is 0 Å². The summed E-state index contributed by atoms with van der Waals surface area (Å²) in [5, 5.41) is 0.626. The molecule has 2 aromatic rings. The second-order valence-electron chi connectivity index (χ2n) is 7.24. The highest BCUT2D eigenvalue weighted by Gasteiger charge is 2.35. The maximum absolute atomic E-state index is 12.4. The summed E-state index contributed by atoms with van der Waals surface area (Å²) in [6, 6.07) is 7.28. The van der Waals surface area contributed by atoms with Gasteiger partial charge in [0.25, 0.3) is 0 Å². The van der Waals surface area contributed by atoms with E-state index < -0.39 is 6.09 Å². The Morgan fingerprint density at radius 3 is 2.48 bits per heavy atom. The topological polar surface area (TPSA) is 82.7 Å². The molecule has 1 N–H and O–H groups in total. The standard InChI is InChI=1S/C20H23N3O4/c1-13-17(21-16-5-3-2-4-15(16)18(13)24)12-27-20(26)23-10-8-22(9-11-23)19(25)14-6-7-14/h2-5,14H,6-12H2,1H3,(H,21,24). The molecule has 0 bridgehead atoms. The summed E-state index contributed by atoms with van der Waals surface area (Å²) in [6.45, 7) is 3.81. The van der Waals surface area contributed by atoms with Crippen molar-refractivity contribution in [2.24, 2.45) is 5.92 Å². The van der Waals surface area contributed by atoms with Gasteiger partial charge in [-0.15, -0.1) is 0 Å². The first-order valence-corrected chi connectivity index (χ1v) is 9.35. The van der Waals surface area contributed by atoms with Gasteiger partial charge in [-0.2, -0.15) is 0 Å². The molecule has 2 fully saturated rings. The summed E-state index contributed by atoms with van der Waals surface area (Å²) >= 11 is 0. The predicted octanol–water partition coefficient (Wildman–Crippen LogP) is 2.03. The van der Waals surface area contributed by atoms with Crippen LogP contribution in [-0.2, 0) is 16.1 Å². The average Bonchev–Trinajstić information content (AvgIpc) is 3.54. The number of benzene rings is 1. The lowest BCUT2D eigenvalue weighted by atomic mass is 10.1. The van der Waals surface area contributed by atoms with Crippen LogP contribution in [0.1, 0.15) is 24.1 Å². The fourth-order valence-electron chi connectivity index (χ4n) is 3.45. The fraction of sp³-hybridized carbons (Fsp3) is 0.450. The highest BCUT2D eigenvalue weighted by molar-refractivity contribution is 5.81. The molecule has 7 nitrogen and oxygen atoms in total. The van der Waals surface area contributed by atoms with Gasteiger partial charge in [0.2, 0.25) is 5.91 Å². The minimum Gasteiger partial charge on any atom is -0.443 e. The van der Waals surface area contributed by atoms with E-state index in [0.29, 0.717) is 42.8 Å². The minimum atomic E-state index is -0.415. The minimum absolute atomic E-state index is 0.0198. The van der Waals surface area contributed by atoms with Crippen LogP contribution in [0.2, 0.25) is 0 Å². The highest BCUT2D eigenvalue weighted by atomic mass is 16.6. The Morgan fingerprint density at radius 2 is 1.78 bits per heavy atom. The van der Waals surface area contributed by atoms with Gasteiger partial charge in [-0.05, 0) is 31.9 Å². The maximum atomic E-state index is 12.4. The zero-order valence-corrected chi connectivity index (χ0v) is 15.4. The molecule has 142 valence electrons. The Labute approximate surface area is 156 Å². The van der Waals surface area contributed by atoms with Crippen LogP contribution in [0.5, 0.6) is 0 Å². The van der Waals surface area contributed by atoms with Crippen molar-refractivity contribution in [3.63, 3.8) is 0 Å². The fourth-order valence-corrected chi connectivity index (χ4v) is 3.45. The van der Waals surface area contributed by atoms with Gasteiger partial charge in [0, 0.05) is 48.6 Å². The number of aromatic amines is 1. The van der Waals surface area contributed by atoms with Gasteiger partial charge >= 0.3 is 6.09 Å². The number of amides is 2. The van der Waals surface area contributed by atoms with Gasteiger partial charge in [0.15, 0.2) is 5.43 Å². The van der Waals surface area contributed by atoms with Crippen molar-refractivity contribution in [2.45, 2.75) is 26.4 Å². The Kier molecular flexibility index (Phi) is 4.59. The molecular weight excluding hydrogens is 346 g/mol. The van der Waals surface area contributed by atoms with E-state index in [1.807, 2.05) is 23.1 Å². The molecule has 0 radical (unpaired) electrons. The summed E-state index contributed by atoms with van der Waals surface area (Å²) in [4.78, 5) is 43.5. The van der Waals surface area contributed by atoms with E-state index in [0.717, 1.165) is 18.4 Å². The van der Waals surface area contributed by atoms with E-state index in [9.17, 15) is 14.4 Å². The predicted molar refractivity (Wildman–Crippen MR) is 100 cm³/mol. The molecule has 1 aliphatic carbocycles. The molecule has 4 rings (SSSR count). The normalized spacial score (nSPS) is 17.2. The number of aromatic nitrogens is 1. The number of fused-ring (bicyclic) bond motifs is 1. The largest absolute Gasteiger partial charge is 0.443 e. The van der Waals surface area contributed by atoms with Crippen molar-refractivity contribution in [3.05, 3.63) is 45.7 Å². The number of carbonyl (C=O) groups excluding carboxylic acids is 2. The van der Waals surface area contributed by atoms with E-state index in [-0.39, 0.29) is 23.9 Å². The van der Waals surface area contributed by atoms with Gasteiger partial charge < -0.3 is 19.5 Å². The van der Waals surface area contributed by atoms with E-state index in [2.05, 4.69) is 4.98 Å².